The minimum Gasteiger partial charge on any atom is -0.425 e. The van der Waals surface area contributed by atoms with E-state index in [1.165, 1.54) is 39.8 Å². The molecule has 0 radical (unpaired) electrons. The quantitative estimate of drug-likeness (QED) is 0.122. The number of amides is 2. The first-order chi connectivity index (χ1) is 24.2. The molecule has 2 aromatic rings. The van der Waals surface area contributed by atoms with Gasteiger partial charge in [-0.25, -0.2) is 14.5 Å². The number of aromatic nitrogens is 5. The zero-order valence-electron chi connectivity index (χ0n) is 29.3. The van der Waals surface area contributed by atoms with Crippen LogP contribution in [0, 0.1) is 11.8 Å². The lowest BCUT2D eigenvalue weighted by Crippen LogP contribution is -2.70. The lowest BCUT2D eigenvalue weighted by Gasteiger charge is -2.50. The summed E-state index contributed by atoms with van der Waals surface area (Å²) in [6.07, 6.45) is 8.13. The third-order valence-corrected chi connectivity index (χ3v) is 12.6. The number of nitrogen functional groups attached to an aromatic ring is 1. The highest BCUT2D eigenvalue weighted by Crippen LogP contribution is 2.42. The topological polar surface area (TPSA) is 188 Å². The van der Waals surface area contributed by atoms with Gasteiger partial charge in [0.1, 0.15) is 17.1 Å². The van der Waals surface area contributed by atoms with Gasteiger partial charge in [-0.2, -0.15) is 0 Å². The van der Waals surface area contributed by atoms with Gasteiger partial charge in [-0.1, -0.05) is 50.3 Å². The molecule has 20 heteroatoms. The third kappa shape index (κ3) is 10.3. The van der Waals surface area contributed by atoms with Crippen LogP contribution in [0.3, 0.4) is 0 Å². The number of thiazole rings is 1. The van der Waals surface area contributed by atoms with Crippen LogP contribution < -0.4 is 11.1 Å². The fourth-order valence-corrected chi connectivity index (χ4v) is 9.75. The van der Waals surface area contributed by atoms with Gasteiger partial charge in [-0.3, -0.25) is 19.3 Å². The van der Waals surface area contributed by atoms with Crippen LogP contribution in [0.4, 0.5) is 5.13 Å². The average Bonchev–Trinajstić information content (AvgIpc) is 3.76. The summed E-state index contributed by atoms with van der Waals surface area (Å²) >= 11 is 4.08. The molecule has 3 atom stereocenters. The molecule has 3 fully saturated rings. The van der Waals surface area contributed by atoms with Crippen LogP contribution in [-0.4, -0.2) is 109 Å². The second-order valence-electron chi connectivity index (χ2n) is 13.5. The number of esters is 2. The lowest BCUT2D eigenvalue weighted by molar-refractivity contribution is -0.203. The summed E-state index contributed by atoms with van der Waals surface area (Å²) in [6.45, 7) is 1.33. The van der Waals surface area contributed by atoms with Gasteiger partial charge in [0.25, 0.3) is 12.2 Å². The summed E-state index contributed by atoms with van der Waals surface area (Å²) in [4.78, 5) is 61.8. The van der Waals surface area contributed by atoms with E-state index in [9.17, 15) is 19.2 Å². The van der Waals surface area contributed by atoms with Crippen molar-refractivity contribution in [1.29, 1.82) is 0 Å². The lowest BCUT2D eigenvalue weighted by atomic mass is 9.88. The van der Waals surface area contributed by atoms with Gasteiger partial charge < -0.3 is 25.4 Å². The van der Waals surface area contributed by atoms with Crippen molar-refractivity contribution in [3.8, 4) is 0 Å². The molecule has 3 N–H and O–H groups in total. The maximum atomic E-state index is 14.3. The summed E-state index contributed by atoms with van der Waals surface area (Å²) in [7, 11) is 3.94. The predicted molar refractivity (Wildman–Crippen MR) is 203 cm³/mol. The van der Waals surface area contributed by atoms with Crippen LogP contribution in [0.5, 0.6) is 0 Å². The number of nitrogens with zero attached hydrogens (tertiary/aromatic N) is 7. The number of anilines is 1. The van der Waals surface area contributed by atoms with Crippen molar-refractivity contribution in [2.45, 2.75) is 100 Å². The van der Waals surface area contributed by atoms with Crippen molar-refractivity contribution < 1.29 is 28.7 Å². The van der Waals surface area contributed by atoms with Crippen molar-refractivity contribution in [3.05, 3.63) is 22.3 Å². The summed E-state index contributed by atoms with van der Waals surface area (Å²) in [6, 6.07) is -0.822. The molecule has 6 rings (SSSR count). The van der Waals surface area contributed by atoms with Crippen LogP contribution in [0.2, 0.25) is 0 Å². The highest BCUT2D eigenvalue weighted by Gasteiger charge is 2.55. The number of nitrogens with one attached hydrogen (secondary N) is 1. The monoisotopic (exact) mass is 819 g/mol. The molecule has 2 amide bonds. The fraction of sp³-hybridized carbons (Fsp3) is 0.688. The molecule has 2 aliphatic heterocycles. The highest BCUT2D eigenvalue weighted by molar-refractivity contribution is 8.01. The minimum absolute atomic E-state index is 0. The Bertz CT molecular complexity index is 1580. The van der Waals surface area contributed by atoms with Crippen LogP contribution >= 0.6 is 59.7 Å². The summed E-state index contributed by atoms with van der Waals surface area (Å²) in [5, 5.41) is 17.1. The second kappa shape index (κ2) is 19.6. The molecule has 1 saturated heterocycles. The van der Waals surface area contributed by atoms with Crippen LogP contribution in [0.25, 0.3) is 0 Å². The number of halogens is 2. The van der Waals surface area contributed by atoms with E-state index in [0.717, 1.165) is 70.8 Å². The van der Waals surface area contributed by atoms with E-state index < -0.39 is 29.6 Å². The van der Waals surface area contributed by atoms with E-state index >= 15 is 0 Å². The van der Waals surface area contributed by atoms with E-state index in [1.807, 2.05) is 19.0 Å². The number of nitrogens with two attached hydrogens (primary N) is 1. The highest BCUT2D eigenvalue weighted by atomic mass is 35.5. The normalized spacial score (nSPS) is 21.4. The minimum atomic E-state index is -1.04. The number of thioether (sulfide) groups is 2. The van der Waals surface area contributed by atoms with Gasteiger partial charge in [-0.15, -0.1) is 53.0 Å². The maximum Gasteiger partial charge on any atom is 0.358 e. The van der Waals surface area contributed by atoms with Crippen molar-refractivity contribution in [2.24, 2.45) is 11.8 Å². The zero-order chi connectivity index (χ0) is 35.2. The number of ether oxygens (including phenoxy) is 2. The Morgan fingerprint density at radius 1 is 1.08 bits per heavy atom. The molecule has 2 aliphatic carbocycles. The second-order valence-corrected chi connectivity index (χ2v) is 16.4. The SMILES string of the molecule is CN(C)CCn1nnnc1SCC1=C(C(=O)OC(OC(=O)C2CCCCC2)C2CCCCC2)N2C(=O)[C@@H](NC(=O)Cc3csc(N)n3)[C@@H]2SC1.Cl.Cl. The molecule has 2 aromatic heterocycles. The molecule has 288 valence electrons. The van der Waals surface area contributed by atoms with Gasteiger partial charge in [0.05, 0.1) is 24.6 Å². The fourth-order valence-electron chi connectivity index (χ4n) is 6.80. The van der Waals surface area contributed by atoms with Gasteiger partial charge >= 0.3 is 11.9 Å². The first-order valence-electron chi connectivity index (χ1n) is 17.3. The molecule has 15 nitrogen and oxygen atoms in total. The first kappa shape index (κ1) is 42.1. The molecule has 52 heavy (non-hydrogen) atoms. The van der Waals surface area contributed by atoms with E-state index in [2.05, 4.69) is 25.8 Å². The van der Waals surface area contributed by atoms with Crippen LogP contribution in [-0.2, 0) is 41.6 Å². The van der Waals surface area contributed by atoms with Gasteiger partial charge in [0.15, 0.2) is 5.13 Å². The Kier molecular flexibility index (Phi) is 15.9. The number of rotatable bonds is 14. The van der Waals surface area contributed by atoms with Gasteiger partial charge in [0, 0.05) is 29.3 Å². The van der Waals surface area contributed by atoms with E-state index in [0.29, 0.717) is 39.6 Å². The van der Waals surface area contributed by atoms with Crippen molar-refractivity contribution in [3.63, 3.8) is 0 Å². The van der Waals surface area contributed by atoms with Crippen molar-refractivity contribution in [1.82, 2.24) is 40.3 Å². The van der Waals surface area contributed by atoms with Gasteiger partial charge in [-0.05, 0) is 55.8 Å². The zero-order valence-corrected chi connectivity index (χ0v) is 33.4. The number of fused-ring (bicyclic) bond motifs is 1. The Hall–Kier alpha value is -2.64. The Morgan fingerprint density at radius 2 is 1.79 bits per heavy atom. The van der Waals surface area contributed by atoms with E-state index in [4.69, 9.17) is 15.2 Å². The molecule has 4 heterocycles. The Morgan fingerprint density at radius 3 is 2.46 bits per heavy atom. The number of β-lactam (4-membered cyclic amide) rings is 1. The number of tetrazole rings is 1. The number of hydrogen-bond acceptors (Lipinski definition) is 15. The average molecular weight is 821 g/mol. The predicted octanol–water partition coefficient (Wildman–Crippen LogP) is 3.68. The van der Waals surface area contributed by atoms with E-state index in [1.54, 1.807) is 10.1 Å². The van der Waals surface area contributed by atoms with Crippen LogP contribution in [0.15, 0.2) is 21.8 Å². The molecule has 1 unspecified atom stereocenters. The van der Waals surface area contributed by atoms with Gasteiger partial charge in [0.2, 0.25) is 11.1 Å². The Balaban J connectivity index is 0.00000302. The number of carbonyl (C=O) groups excluding carboxylic acids is 4. The summed E-state index contributed by atoms with van der Waals surface area (Å²) in [5.74, 6) is -1.37. The third-order valence-electron chi connectivity index (χ3n) is 9.53. The number of carbonyl (C=O) groups is 4. The molecule has 0 bridgehead atoms. The smallest absolute Gasteiger partial charge is 0.358 e. The molecule has 0 spiro atoms. The molecule has 0 aromatic carbocycles. The number of hydrogen-bond donors (Lipinski definition) is 2. The molecule has 4 aliphatic rings. The first-order valence-corrected chi connectivity index (χ1v) is 20.2. The van der Waals surface area contributed by atoms with Crippen molar-refractivity contribution in [2.75, 3.05) is 37.9 Å². The standard InChI is InChI=1S/C32H45N9O6S3.2ClH/c1-39(2)13-14-40-32(36-37-38-40)50-17-21-16-48-27-24(35-23(42)15-22-18-49-31(33)34-22)26(43)41(27)25(21)29(45)47-30(20-11-7-4-8-12-20)46-28(44)19-9-5-3-6-10-19;;/h18-20,24,27,30H,3-17H2,1-2H3,(H2,33,34)(H,35,42);2*1H/t24-,27+,30?;;/m1../s1. The molecular weight excluding hydrogens is 774 g/mol. The maximum absolute atomic E-state index is 14.3. The molecule has 2 saturated carbocycles. The number of likely N-dealkylation sites (N-methyl/N-ethyl adjacent to an activating group) is 1. The largest absolute Gasteiger partial charge is 0.425 e. The Labute approximate surface area is 328 Å². The van der Waals surface area contributed by atoms with Crippen molar-refractivity contribution >= 4 is 88.6 Å². The summed E-state index contributed by atoms with van der Waals surface area (Å²) < 4.78 is 13.9. The molecular formula is C32H47Cl2N9O6S3. The van der Waals surface area contributed by atoms with Crippen LogP contribution in [0.1, 0.15) is 69.9 Å². The summed E-state index contributed by atoms with van der Waals surface area (Å²) in [5.41, 5.74) is 7.05. The van der Waals surface area contributed by atoms with E-state index in [-0.39, 0.29) is 60.6 Å².